The standard InChI is InChI=1S/C19H16F2N2O2/c1-12(24)23-9-8-13-4-2-3-5-15(13)18(23)11-19(25)22-17-10-14(20)6-7-16(17)21/h2-10,18H,11H2,1H3,(H,22,25)/t18-/m0/s1. The van der Waals surface area contributed by atoms with E-state index in [1.807, 2.05) is 24.3 Å². The van der Waals surface area contributed by atoms with E-state index in [9.17, 15) is 18.4 Å². The maximum Gasteiger partial charge on any atom is 0.226 e. The number of hydrogen-bond acceptors (Lipinski definition) is 2. The van der Waals surface area contributed by atoms with Crippen LogP contribution in [0.4, 0.5) is 14.5 Å². The summed E-state index contributed by atoms with van der Waals surface area (Å²) < 4.78 is 26.9. The molecule has 0 saturated carbocycles. The van der Waals surface area contributed by atoms with Crippen molar-refractivity contribution in [1.29, 1.82) is 0 Å². The molecule has 1 aliphatic heterocycles. The van der Waals surface area contributed by atoms with Crippen LogP contribution >= 0.6 is 0 Å². The van der Waals surface area contributed by atoms with Gasteiger partial charge in [0.1, 0.15) is 11.6 Å². The molecule has 25 heavy (non-hydrogen) atoms. The van der Waals surface area contributed by atoms with Gasteiger partial charge in [-0.3, -0.25) is 9.59 Å². The van der Waals surface area contributed by atoms with Crippen LogP contribution < -0.4 is 5.32 Å². The molecule has 0 aliphatic carbocycles. The Bertz CT molecular complexity index is 864. The van der Waals surface area contributed by atoms with Gasteiger partial charge in [0.25, 0.3) is 0 Å². The molecule has 0 fully saturated rings. The van der Waals surface area contributed by atoms with Crippen molar-refractivity contribution in [2.45, 2.75) is 19.4 Å². The van der Waals surface area contributed by atoms with Crippen LogP contribution in [0.3, 0.4) is 0 Å². The molecule has 4 nitrogen and oxygen atoms in total. The molecule has 0 spiro atoms. The van der Waals surface area contributed by atoms with Gasteiger partial charge in [-0.1, -0.05) is 24.3 Å². The summed E-state index contributed by atoms with van der Waals surface area (Å²) in [5.41, 5.74) is 1.52. The quantitative estimate of drug-likeness (QED) is 0.921. The Labute approximate surface area is 143 Å². The predicted octanol–water partition coefficient (Wildman–Crippen LogP) is 3.87. The summed E-state index contributed by atoms with van der Waals surface area (Å²) in [7, 11) is 0. The Kier molecular flexibility index (Phi) is 4.61. The van der Waals surface area contributed by atoms with Crippen LogP contribution in [0.5, 0.6) is 0 Å². The Morgan fingerprint density at radius 2 is 1.92 bits per heavy atom. The summed E-state index contributed by atoms with van der Waals surface area (Å²) in [5, 5.41) is 2.37. The second-order valence-corrected chi connectivity index (χ2v) is 5.76. The minimum atomic E-state index is -0.720. The minimum absolute atomic E-state index is 0.0725. The third-order valence-electron chi connectivity index (χ3n) is 4.05. The molecule has 0 saturated heterocycles. The van der Waals surface area contributed by atoms with E-state index in [0.29, 0.717) is 0 Å². The van der Waals surface area contributed by atoms with Gasteiger partial charge in [0.2, 0.25) is 11.8 Å². The van der Waals surface area contributed by atoms with Crippen LogP contribution in [0.1, 0.15) is 30.5 Å². The van der Waals surface area contributed by atoms with E-state index in [0.717, 1.165) is 29.3 Å². The van der Waals surface area contributed by atoms with Crippen molar-refractivity contribution in [1.82, 2.24) is 4.90 Å². The summed E-state index contributed by atoms with van der Waals surface area (Å²) >= 11 is 0. The zero-order valence-electron chi connectivity index (χ0n) is 13.5. The normalized spacial score (nSPS) is 15.6. The van der Waals surface area contributed by atoms with E-state index < -0.39 is 23.6 Å². The third kappa shape index (κ3) is 3.57. The Morgan fingerprint density at radius 1 is 1.16 bits per heavy atom. The number of hydrogen-bond donors (Lipinski definition) is 1. The smallest absolute Gasteiger partial charge is 0.226 e. The summed E-state index contributed by atoms with van der Waals surface area (Å²) in [6, 6.07) is 9.77. The van der Waals surface area contributed by atoms with E-state index in [2.05, 4.69) is 5.32 Å². The lowest BCUT2D eigenvalue weighted by atomic mass is 9.93. The average Bonchev–Trinajstić information content (AvgIpc) is 2.58. The molecule has 3 rings (SSSR count). The molecule has 2 aromatic rings. The van der Waals surface area contributed by atoms with Crippen LogP contribution in [0.15, 0.2) is 48.7 Å². The summed E-state index contributed by atoms with van der Waals surface area (Å²) in [6.45, 7) is 1.41. The number of nitrogens with one attached hydrogen (secondary N) is 1. The van der Waals surface area contributed by atoms with E-state index in [1.54, 1.807) is 12.3 Å². The topological polar surface area (TPSA) is 49.4 Å². The molecule has 2 aromatic carbocycles. The number of carbonyl (C=O) groups excluding carboxylic acids is 2. The molecule has 0 aromatic heterocycles. The van der Waals surface area contributed by atoms with Crippen LogP contribution in [0, 0.1) is 11.6 Å². The van der Waals surface area contributed by atoms with Crippen molar-refractivity contribution < 1.29 is 18.4 Å². The highest BCUT2D eigenvalue weighted by atomic mass is 19.1. The van der Waals surface area contributed by atoms with Gasteiger partial charge in [-0.25, -0.2) is 8.78 Å². The van der Waals surface area contributed by atoms with Crippen molar-refractivity contribution in [3.63, 3.8) is 0 Å². The highest BCUT2D eigenvalue weighted by molar-refractivity contribution is 5.92. The van der Waals surface area contributed by atoms with Crippen molar-refractivity contribution in [3.8, 4) is 0 Å². The first-order valence-electron chi connectivity index (χ1n) is 7.76. The maximum absolute atomic E-state index is 13.7. The van der Waals surface area contributed by atoms with Gasteiger partial charge in [-0.05, 0) is 29.3 Å². The van der Waals surface area contributed by atoms with Crippen molar-refractivity contribution >= 4 is 23.6 Å². The first-order valence-corrected chi connectivity index (χ1v) is 7.76. The first kappa shape index (κ1) is 16.8. The lowest BCUT2D eigenvalue weighted by molar-refractivity contribution is -0.129. The lowest BCUT2D eigenvalue weighted by Gasteiger charge is -2.32. The van der Waals surface area contributed by atoms with Gasteiger partial charge in [0.05, 0.1) is 18.2 Å². The number of carbonyl (C=O) groups is 2. The molecule has 6 heteroatoms. The zero-order chi connectivity index (χ0) is 18.0. The van der Waals surface area contributed by atoms with Crippen molar-refractivity contribution in [2.75, 3.05) is 5.32 Å². The van der Waals surface area contributed by atoms with Gasteiger partial charge >= 0.3 is 0 Å². The Balaban J connectivity index is 1.84. The van der Waals surface area contributed by atoms with Gasteiger partial charge < -0.3 is 10.2 Å². The number of benzene rings is 2. The molecule has 1 heterocycles. The summed E-state index contributed by atoms with van der Waals surface area (Å²) in [6.07, 6.45) is 3.36. The molecule has 0 radical (unpaired) electrons. The van der Waals surface area contributed by atoms with Gasteiger partial charge in [-0.15, -0.1) is 0 Å². The van der Waals surface area contributed by atoms with E-state index in [4.69, 9.17) is 0 Å². The van der Waals surface area contributed by atoms with Crippen LogP contribution in [0.25, 0.3) is 6.08 Å². The van der Waals surface area contributed by atoms with E-state index in [1.165, 1.54) is 11.8 Å². The fraction of sp³-hybridized carbons (Fsp3) is 0.158. The van der Waals surface area contributed by atoms with E-state index in [-0.39, 0.29) is 18.0 Å². The highest BCUT2D eigenvalue weighted by Crippen LogP contribution is 2.33. The maximum atomic E-state index is 13.7. The van der Waals surface area contributed by atoms with Crippen LogP contribution in [0.2, 0.25) is 0 Å². The largest absolute Gasteiger partial charge is 0.323 e. The molecule has 128 valence electrons. The van der Waals surface area contributed by atoms with Crippen molar-refractivity contribution in [3.05, 3.63) is 71.4 Å². The number of nitrogens with zero attached hydrogens (tertiary/aromatic N) is 1. The molecule has 1 atom stereocenters. The van der Waals surface area contributed by atoms with Gasteiger partial charge in [0.15, 0.2) is 0 Å². The lowest BCUT2D eigenvalue weighted by Crippen LogP contribution is -2.33. The second-order valence-electron chi connectivity index (χ2n) is 5.76. The minimum Gasteiger partial charge on any atom is -0.323 e. The predicted molar refractivity (Wildman–Crippen MR) is 90.3 cm³/mol. The number of amides is 2. The second kappa shape index (κ2) is 6.84. The summed E-state index contributed by atoms with van der Waals surface area (Å²) in [5.74, 6) is -2.08. The SMILES string of the molecule is CC(=O)N1C=Cc2ccccc2[C@@H]1CC(=O)Nc1cc(F)ccc1F. The number of rotatable bonds is 3. The Hall–Kier alpha value is -3.02. The van der Waals surface area contributed by atoms with E-state index >= 15 is 0 Å². The highest BCUT2D eigenvalue weighted by Gasteiger charge is 2.28. The zero-order valence-corrected chi connectivity index (χ0v) is 13.5. The number of anilines is 1. The number of fused-ring (bicyclic) bond motifs is 1. The molecule has 0 bridgehead atoms. The average molecular weight is 342 g/mol. The van der Waals surface area contributed by atoms with Gasteiger partial charge in [0, 0.05) is 19.2 Å². The van der Waals surface area contributed by atoms with Gasteiger partial charge in [-0.2, -0.15) is 0 Å². The fourth-order valence-electron chi connectivity index (χ4n) is 2.88. The Morgan fingerprint density at radius 3 is 2.68 bits per heavy atom. The molecule has 0 unspecified atom stereocenters. The molecule has 1 N–H and O–H groups in total. The van der Waals surface area contributed by atoms with Crippen LogP contribution in [-0.4, -0.2) is 16.7 Å². The molecular formula is C19H16F2N2O2. The monoisotopic (exact) mass is 342 g/mol. The third-order valence-corrected chi connectivity index (χ3v) is 4.05. The molecule has 1 aliphatic rings. The fourth-order valence-corrected chi connectivity index (χ4v) is 2.88. The molecule has 2 amide bonds. The first-order chi connectivity index (χ1) is 12.0. The van der Waals surface area contributed by atoms with Crippen LogP contribution in [-0.2, 0) is 9.59 Å². The number of halogens is 2. The summed E-state index contributed by atoms with van der Waals surface area (Å²) in [4.78, 5) is 25.7. The molecular weight excluding hydrogens is 326 g/mol. The van der Waals surface area contributed by atoms with Crippen molar-refractivity contribution in [2.24, 2.45) is 0 Å².